The fraction of sp³-hybridized carbons (Fsp3) is 0.818. The molecule has 0 rings (SSSR count). The third-order valence-corrected chi connectivity index (χ3v) is 1.73. The van der Waals surface area contributed by atoms with E-state index in [1.54, 1.807) is 6.61 Å². The molecule has 0 amide bonds. The van der Waals surface area contributed by atoms with Crippen molar-refractivity contribution in [1.29, 1.82) is 0 Å². The molecule has 0 aromatic heterocycles. The van der Waals surface area contributed by atoms with Crippen molar-refractivity contribution in [3.8, 4) is 0 Å². The fourth-order valence-corrected chi connectivity index (χ4v) is 0.789. The first-order valence-electron chi connectivity index (χ1n) is 5.01. The fourth-order valence-electron chi connectivity index (χ4n) is 0.789. The van der Waals surface area contributed by atoms with Crippen LogP contribution in [0.4, 0.5) is 0 Å². The zero-order valence-electron chi connectivity index (χ0n) is 9.22. The van der Waals surface area contributed by atoms with Crippen molar-refractivity contribution in [2.24, 2.45) is 5.41 Å². The van der Waals surface area contributed by atoms with E-state index in [2.05, 4.69) is 6.92 Å². The molecule has 2 nitrogen and oxygen atoms in total. The molecule has 0 atom stereocenters. The summed E-state index contributed by atoms with van der Waals surface area (Å²) in [5, 5.41) is 0. The summed E-state index contributed by atoms with van der Waals surface area (Å²) in [6.07, 6.45) is 4.37. The van der Waals surface area contributed by atoms with E-state index in [-0.39, 0.29) is 11.4 Å². The van der Waals surface area contributed by atoms with Crippen LogP contribution < -0.4 is 0 Å². The van der Waals surface area contributed by atoms with Gasteiger partial charge in [0.1, 0.15) is 6.61 Å². The van der Waals surface area contributed by atoms with Crippen LogP contribution in [-0.4, -0.2) is 5.97 Å². The molecule has 2 heteroatoms. The van der Waals surface area contributed by atoms with Gasteiger partial charge in [-0.25, -0.2) is 0 Å². The molecule has 0 aliphatic carbocycles. The largest absolute Gasteiger partial charge is 0.458 e. The summed E-state index contributed by atoms with van der Waals surface area (Å²) in [7, 11) is 0. The molecule has 0 saturated carbocycles. The Morgan fingerprint density at radius 2 is 1.92 bits per heavy atom. The smallest absolute Gasteiger partial charge is 0.311 e. The summed E-state index contributed by atoms with van der Waals surface area (Å²) in [6, 6.07) is 0. The molecule has 0 N–H and O–H groups in total. The summed E-state index contributed by atoms with van der Waals surface area (Å²) >= 11 is 0. The van der Waals surface area contributed by atoms with Crippen molar-refractivity contribution in [3.63, 3.8) is 0 Å². The molecular weight excluding hydrogens is 164 g/mol. The van der Waals surface area contributed by atoms with Gasteiger partial charge >= 0.3 is 5.97 Å². The minimum absolute atomic E-state index is 0.149. The summed E-state index contributed by atoms with van der Waals surface area (Å²) in [5.74, 6) is -0.149. The molecule has 0 bridgehead atoms. The zero-order chi connectivity index (χ0) is 10.3. The van der Waals surface area contributed by atoms with Crippen LogP contribution in [0.3, 0.4) is 0 Å². The predicted octanol–water partition coefficient (Wildman–Crippen LogP) is 3.32. The maximum atomic E-state index is 11.2. The minimum atomic E-state index is -0.388. The molecule has 0 aliphatic heterocycles. The predicted molar refractivity (Wildman–Crippen MR) is 54.0 cm³/mol. The van der Waals surface area contributed by atoms with Crippen molar-refractivity contribution >= 4 is 5.97 Å². The standard InChI is InChI=1S/C11H21O2/c1-5-6-7-8-9-13-10(12)11(2,3)4/h9H,5-8H2,1-4H3. The number of hydrogen-bond acceptors (Lipinski definition) is 2. The second-order valence-electron chi connectivity index (χ2n) is 4.32. The third-order valence-electron chi connectivity index (χ3n) is 1.73. The second-order valence-corrected chi connectivity index (χ2v) is 4.32. The van der Waals surface area contributed by atoms with Gasteiger partial charge in [0.25, 0.3) is 0 Å². The summed E-state index contributed by atoms with van der Waals surface area (Å²) in [5.41, 5.74) is -0.388. The molecule has 0 saturated heterocycles. The normalized spacial score (nSPS) is 11.4. The topological polar surface area (TPSA) is 26.3 Å². The van der Waals surface area contributed by atoms with Crippen LogP contribution in [0.1, 0.15) is 53.4 Å². The lowest BCUT2D eigenvalue weighted by Gasteiger charge is -2.15. The summed E-state index contributed by atoms with van der Waals surface area (Å²) in [4.78, 5) is 11.2. The summed E-state index contributed by atoms with van der Waals surface area (Å²) in [6.45, 7) is 9.35. The van der Waals surface area contributed by atoms with Crippen LogP contribution in [0.25, 0.3) is 0 Å². The third kappa shape index (κ3) is 6.62. The van der Waals surface area contributed by atoms with Crippen molar-refractivity contribution in [1.82, 2.24) is 0 Å². The highest BCUT2D eigenvalue weighted by Crippen LogP contribution is 2.16. The maximum Gasteiger partial charge on any atom is 0.311 e. The van der Waals surface area contributed by atoms with Gasteiger partial charge in [-0.05, 0) is 33.6 Å². The number of rotatable bonds is 5. The molecule has 0 fully saturated rings. The van der Waals surface area contributed by atoms with Crippen LogP contribution in [0.15, 0.2) is 0 Å². The Morgan fingerprint density at radius 3 is 2.38 bits per heavy atom. The molecule has 0 unspecified atom stereocenters. The summed E-state index contributed by atoms with van der Waals surface area (Å²) < 4.78 is 4.99. The molecule has 1 radical (unpaired) electrons. The molecular formula is C11H21O2. The van der Waals surface area contributed by atoms with Crippen molar-refractivity contribution in [2.45, 2.75) is 53.4 Å². The van der Waals surface area contributed by atoms with Crippen molar-refractivity contribution in [3.05, 3.63) is 6.61 Å². The van der Waals surface area contributed by atoms with E-state index in [1.165, 1.54) is 12.8 Å². The van der Waals surface area contributed by atoms with E-state index in [1.807, 2.05) is 20.8 Å². The van der Waals surface area contributed by atoms with E-state index < -0.39 is 0 Å². The van der Waals surface area contributed by atoms with Crippen LogP contribution in [0, 0.1) is 12.0 Å². The number of ether oxygens (including phenoxy) is 1. The molecule has 0 aliphatic rings. The highest BCUT2D eigenvalue weighted by Gasteiger charge is 2.22. The van der Waals surface area contributed by atoms with Crippen LogP contribution in [-0.2, 0) is 9.53 Å². The van der Waals surface area contributed by atoms with Gasteiger partial charge in [-0.2, -0.15) is 0 Å². The first kappa shape index (κ1) is 12.5. The van der Waals surface area contributed by atoms with E-state index >= 15 is 0 Å². The van der Waals surface area contributed by atoms with Crippen LogP contribution in [0.5, 0.6) is 0 Å². The monoisotopic (exact) mass is 185 g/mol. The number of unbranched alkanes of at least 4 members (excludes halogenated alkanes) is 3. The lowest BCUT2D eigenvalue weighted by molar-refractivity contribution is -0.149. The highest BCUT2D eigenvalue weighted by atomic mass is 16.5. The van der Waals surface area contributed by atoms with Crippen LogP contribution in [0.2, 0.25) is 0 Å². The molecule has 0 spiro atoms. The quantitative estimate of drug-likeness (QED) is 0.485. The number of carbonyl (C=O) groups excluding carboxylic acids is 1. The number of hydrogen-bond donors (Lipinski definition) is 0. The van der Waals surface area contributed by atoms with Gasteiger partial charge in [-0.1, -0.05) is 19.8 Å². The van der Waals surface area contributed by atoms with Gasteiger partial charge in [-0.3, -0.25) is 4.79 Å². The first-order valence-corrected chi connectivity index (χ1v) is 5.01. The Hall–Kier alpha value is -0.530. The number of carbonyl (C=O) groups is 1. The van der Waals surface area contributed by atoms with E-state index in [9.17, 15) is 4.79 Å². The van der Waals surface area contributed by atoms with E-state index in [0.29, 0.717) is 0 Å². The van der Waals surface area contributed by atoms with E-state index in [4.69, 9.17) is 4.74 Å². The molecule has 0 aromatic carbocycles. The average molecular weight is 185 g/mol. The van der Waals surface area contributed by atoms with Gasteiger partial charge in [0.05, 0.1) is 5.41 Å². The van der Waals surface area contributed by atoms with Gasteiger partial charge in [0, 0.05) is 0 Å². The van der Waals surface area contributed by atoms with Gasteiger partial charge in [0.2, 0.25) is 0 Å². The van der Waals surface area contributed by atoms with Crippen molar-refractivity contribution < 1.29 is 9.53 Å². The zero-order valence-corrected chi connectivity index (χ0v) is 9.22. The van der Waals surface area contributed by atoms with Crippen molar-refractivity contribution in [2.75, 3.05) is 0 Å². The second kappa shape index (κ2) is 6.01. The average Bonchev–Trinajstić information content (AvgIpc) is 2.02. The van der Waals surface area contributed by atoms with E-state index in [0.717, 1.165) is 12.8 Å². The lowest BCUT2D eigenvalue weighted by Crippen LogP contribution is -2.21. The molecule has 0 aromatic rings. The van der Waals surface area contributed by atoms with Gasteiger partial charge < -0.3 is 4.74 Å². The van der Waals surface area contributed by atoms with Crippen LogP contribution >= 0.6 is 0 Å². The van der Waals surface area contributed by atoms with Gasteiger partial charge in [0.15, 0.2) is 0 Å². The molecule has 77 valence electrons. The Morgan fingerprint density at radius 1 is 1.31 bits per heavy atom. The minimum Gasteiger partial charge on any atom is -0.458 e. The Labute approximate surface area is 81.7 Å². The lowest BCUT2D eigenvalue weighted by atomic mass is 9.97. The number of esters is 1. The van der Waals surface area contributed by atoms with Gasteiger partial charge in [-0.15, -0.1) is 0 Å². The Balaban J connectivity index is 3.38. The highest BCUT2D eigenvalue weighted by molar-refractivity contribution is 5.75. The molecule has 13 heavy (non-hydrogen) atoms. The molecule has 0 heterocycles. The SMILES string of the molecule is CCCCC[CH]OC(=O)C(C)(C)C. The Bertz CT molecular complexity index is 145. The maximum absolute atomic E-state index is 11.2. The first-order chi connectivity index (χ1) is 5.98. The Kier molecular flexibility index (Phi) is 5.76.